The zero-order valence-electron chi connectivity index (χ0n) is 21.8. The Morgan fingerprint density at radius 3 is 0.704 bits per heavy atom. The molecular weight excluding hydrogens is 324 g/mol. The minimum absolute atomic E-state index is 1.14. The molecular formula is C27H60. The molecule has 0 radical (unpaired) electrons. The Kier molecular flexibility index (Phi) is 111. The van der Waals surface area contributed by atoms with E-state index in [1.807, 2.05) is 83.1 Å². The molecule has 0 saturated heterocycles. The maximum atomic E-state index is 2.24. The van der Waals surface area contributed by atoms with Crippen LogP contribution in [0.5, 0.6) is 0 Å². The van der Waals surface area contributed by atoms with E-state index < -0.39 is 0 Å². The van der Waals surface area contributed by atoms with Gasteiger partial charge < -0.3 is 0 Å². The van der Waals surface area contributed by atoms with Crippen LogP contribution in [-0.2, 0) is 0 Å². The van der Waals surface area contributed by atoms with Crippen molar-refractivity contribution in [2.45, 2.75) is 141 Å². The molecule has 168 valence electrons. The van der Waals surface area contributed by atoms with Crippen LogP contribution in [0.2, 0.25) is 0 Å². The van der Waals surface area contributed by atoms with Crippen LogP contribution < -0.4 is 0 Å². The Labute approximate surface area is 177 Å². The molecule has 27 heavy (non-hydrogen) atoms. The van der Waals surface area contributed by atoms with Crippen LogP contribution in [0.15, 0.2) is 36.5 Å². The first-order valence-electron chi connectivity index (χ1n) is 12.5. The van der Waals surface area contributed by atoms with Crippen LogP contribution in [0.1, 0.15) is 141 Å². The lowest BCUT2D eigenvalue weighted by Gasteiger charge is -1.69. The van der Waals surface area contributed by atoms with E-state index in [1.165, 1.54) is 51.4 Å². The van der Waals surface area contributed by atoms with Gasteiger partial charge in [0.1, 0.15) is 0 Å². The zero-order chi connectivity index (χ0) is 22.6. The highest BCUT2D eigenvalue weighted by Gasteiger charge is 1.95. The van der Waals surface area contributed by atoms with Crippen molar-refractivity contribution >= 4 is 0 Å². The first-order chi connectivity index (χ1) is 13.5. The van der Waals surface area contributed by atoms with Crippen molar-refractivity contribution in [3.63, 3.8) is 0 Å². The fourth-order valence-corrected chi connectivity index (χ4v) is 1.87. The largest absolute Gasteiger partial charge is 0.0885 e. The molecule has 0 heteroatoms. The Bertz CT molecular complexity index is 180. The molecule has 0 aromatic carbocycles. The molecule has 3 aliphatic rings. The maximum Gasteiger partial charge on any atom is -0.0163 e. The lowest BCUT2D eigenvalue weighted by Crippen LogP contribution is -1.50. The SMILES string of the molecule is C1=CCC=C1.C1=CCCC1.C1CCCC1.CC.CC.CC.CC.CC.CC. The molecule has 0 aliphatic heterocycles. The first-order valence-corrected chi connectivity index (χ1v) is 12.5. The molecule has 0 amide bonds. The number of hydrogen-bond donors (Lipinski definition) is 0. The molecule has 3 rings (SSSR count). The minimum Gasteiger partial charge on any atom is -0.0885 e. The van der Waals surface area contributed by atoms with Gasteiger partial charge in [-0.1, -0.05) is 152 Å². The van der Waals surface area contributed by atoms with E-state index in [1.54, 1.807) is 0 Å². The normalized spacial score (nSPS) is 12.9. The molecule has 0 aromatic rings. The van der Waals surface area contributed by atoms with Crippen LogP contribution in [0, 0.1) is 0 Å². The van der Waals surface area contributed by atoms with Gasteiger partial charge in [0.25, 0.3) is 0 Å². The molecule has 3 aliphatic carbocycles. The molecule has 0 nitrogen and oxygen atoms in total. The van der Waals surface area contributed by atoms with Crippen LogP contribution in [-0.4, -0.2) is 0 Å². The fraction of sp³-hybridized carbons (Fsp3) is 0.778. The van der Waals surface area contributed by atoms with E-state index in [4.69, 9.17) is 0 Å². The van der Waals surface area contributed by atoms with Crippen LogP contribution in [0.25, 0.3) is 0 Å². The van der Waals surface area contributed by atoms with Gasteiger partial charge in [0.15, 0.2) is 0 Å². The average Bonchev–Trinajstić information content (AvgIpc) is 3.63. The summed E-state index contributed by atoms with van der Waals surface area (Å²) >= 11 is 0. The number of allylic oxidation sites excluding steroid dienone is 6. The van der Waals surface area contributed by atoms with Gasteiger partial charge in [-0.25, -0.2) is 0 Å². The van der Waals surface area contributed by atoms with E-state index in [0.29, 0.717) is 0 Å². The Morgan fingerprint density at radius 2 is 0.593 bits per heavy atom. The monoisotopic (exact) mass is 384 g/mol. The summed E-state index contributed by atoms with van der Waals surface area (Å²) in [5, 5.41) is 0. The van der Waals surface area contributed by atoms with Gasteiger partial charge >= 0.3 is 0 Å². The van der Waals surface area contributed by atoms with Gasteiger partial charge in [0.2, 0.25) is 0 Å². The average molecular weight is 385 g/mol. The van der Waals surface area contributed by atoms with E-state index in [2.05, 4.69) is 36.5 Å². The van der Waals surface area contributed by atoms with E-state index in [-0.39, 0.29) is 0 Å². The fourth-order valence-electron chi connectivity index (χ4n) is 1.87. The summed E-state index contributed by atoms with van der Waals surface area (Å²) in [6.07, 6.45) is 25.5. The molecule has 0 heterocycles. The second-order valence-electron chi connectivity index (χ2n) is 4.26. The summed E-state index contributed by atoms with van der Waals surface area (Å²) in [6.45, 7) is 24.0. The third kappa shape index (κ3) is 67.2. The summed E-state index contributed by atoms with van der Waals surface area (Å²) in [6, 6.07) is 0. The van der Waals surface area contributed by atoms with Crippen LogP contribution in [0.3, 0.4) is 0 Å². The van der Waals surface area contributed by atoms with Crippen molar-refractivity contribution in [2.75, 3.05) is 0 Å². The lowest BCUT2D eigenvalue weighted by atomic mass is 10.4. The third-order valence-electron chi connectivity index (χ3n) is 2.81. The van der Waals surface area contributed by atoms with Gasteiger partial charge in [-0.15, -0.1) is 0 Å². The Morgan fingerprint density at radius 1 is 0.333 bits per heavy atom. The van der Waals surface area contributed by atoms with Crippen LogP contribution in [0.4, 0.5) is 0 Å². The van der Waals surface area contributed by atoms with Gasteiger partial charge in [0.05, 0.1) is 0 Å². The number of hydrogen-bond acceptors (Lipinski definition) is 0. The molecule has 0 spiro atoms. The van der Waals surface area contributed by atoms with Gasteiger partial charge in [-0.05, 0) is 25.7 Å². The second kappa shape index (κ2) is 73.2. The van der Waals surface area contributed by atoms with E-state index in [9.17, 15) is 0 Å². The highest BCUT2D eigenvalue weighted by atomic mass is 14.0. The molecule has 0 aromatic heterocycles. The Hall–Kier alpha value is -0.780. The number of rotatable bonds is 0. The summed E-state index contributed by atoms with van der Waals surface area (Å²) in [4.78, 5) is 0. The van der Waals surface area contributed by atoms with Gasteiger partial charge in [-0.3, -0.25) is 0 Å². The first kappa shape index (κ1) is 40.8. The van der Waals surface area contributed by atoms with Crippen molar-refractivity contribution < 1.29 is 0 Å². The molecule has 1 saturated carbocycles. The predicted octanol–water partition coefficient (Wildman–Crippen LogP) is 11.3. The van der Waals surface area contributed by atoms with Crippen molar-refractivity contribution in [3.8, 4) is 0 Å². The molecule has 0 N–H and O–H groups in total. The minimum atomic E-state index is 1.14. The van der Waals surface area contributed by atoms with E-state index in [0.717, 1.165) is 6.42 Å². The molecule has 0 atom stereocenters. The third-order valence-corrected chi connectivity index (χ3v) is 2.81. The summed E-state index contributed by atoms with van der Waals surface area (Å²) in [5.74, 6) is 0. The quantitative estimate of drug-likeness (QED) is 0.364. The highest BCUT2D eigenvalue weighted by Crippen LogP contribution is 2.15. The van der Waals surface area contributed by atoms with E-state index >= 15 is 0 Å². The lowest BCUT2D eigenvalue weighted by molar-refractivity contribution is 0.886. The summed E-state index contributed by atoms with van der Waals surface area (Å²) in [7, 11) is 0. The highest BCUT2D eigenvalue weighted by molar-refractivity contribution is 5.11. The van der Waals surface area contributed by atoms with Crippen molar-refractivity contribution in [1.82, 2.24) is 0 Å². The van der Waals surface area contributed by atoms with Gasteiger partial charge in [0, 0.05) is 0 Å². The van der Waals surface area contributed by atoms with Gasteiger partial charge in [-0.2, -0.15) is 0 Å². The summed E-state index contributed by atoms with van der Waals surface area (Å²) < 4.78 is 0. The summed E-state index contributed by atoms with van der Waals surface area (Å²) in [5.41, 5.74) is 0. The maximum absolute atomic E-state index is 2.24. The Balaban J connectivity index is -0.0000000484. The smallest absolute Gasteiger partial charge is 0.0163 e. The topological polar surface area (TPSA) is 0 Å². The standard InChI is InChI=1S/C5H10.C5H8.C5H6.6C2H6/c3*1-2-4-5-3-1;6*1-2/h1-5H2;1-2H,3-5H2;1-4H,5H2;6*1-2H3. The second-order valence-corrected chi connectivity index (χ2v) is 4.26. The predicted molar refractivity (Wildman–Crippen MR) is 137 cm³/mol. The van der Waals surface area contributed by atoms with Crippen molar-refractivity contribution in [3.05, 3.63) is 36.5 Å². The molecule has 0 bridgehead atoms. The zero-order valence-corrected chi connectivity index (χ0v) is 21.8. The molecule has 1 fully saturated rings. The van der Waals surface area contributed by atoms with Crippen LogP contribution >= 0.6 is 0 Å². The molecule has 0 unspecified atom stereocenters. The van der Waals surface area contributed by atoms with Crippen molar-refractivity contribution in [1.29, 1.82) is 0 Å². The van der Waals surface area contributed by atoms with Crippen molar-refractivity contribution in [2.24, 2.45) is 0 Å².